The number of benzene rings is 1. The quantitative estimate of drug-likeness (QED) is 0.591. The average molecular weight is 397 g/mol. The van der Waals surface area contributed by atoms with E-state index in [-0.39, 0.29) is 11.4 Å². The Bertz CT molecular complexity index is 952. The lowest BCUT2D eigenvalue weighted by atomic mass is 10.1. The summed E-state index contributed by atoms with van der Waals surface area (Å²) in [5, 5.41) is 8.38. The lowest BCUT2D eigenvalue weighted by Gasteiger charge is -2.25. The normalized spacial score (nSPS) is 12.3. The van der Waals surface area contributed by atoms with Crippen LogP contribution in [0, 0.1) is 0 Å². The van der Waals surface area contributed by atoms with E-state index in [1.807, 2.05) is 0 Å². The number of pyridine rings is 1. The van der Waals surface area contributed by atoms with Crippen LogP contribution in [0.1, 0.15) is 25.2 Å². The van der Waals surface area contributed by atoms with Gasteiger partial charge in [-0.05, 0) is 32.0 Å². The number of rotatable bonds is 4. The van der Waals surface area contributed by atoms with E-state index < -0.39 is 17.3 Å². The minimum atomic E-state index is -4.50. The molecule has 0 aliphatic heterocycles. The third-order valence-corrected chi connectivity index (χ3v) is 4.18. The molecule has 0 bridgehead atoms. The number of halogens is 4. The Hall–Kier alpha value is -2.61. The molecule has 3 aromatic rings. The van der Waals surface area contributed by atoms with Crippen LogP contribution in [0.25, 0.3) is 11.4 Å². The molecule has 5 nitrogen and oxygen atoms in total. The predicted octanol–water partition coefficient (Wildman–Crippen LogP) is 4.86. The van der Waals surface area contributed by atoms with E-state index in [1.165, 1.54) is 29.0 Å². The number of aromatic nitrogens is 4. The van der Waals surface area contributed by atoms with Crippen LogP contribution >= 0.6 is 11.6 Å². The van der Waals surface area contributed by atoms with Crippen LogP contribution in [0.5, 0.6) is 5.75 Å². The predicted molar refractivity (Wildman–Crippen MR) is 94.3 cm³/mol. The first-order valence-corrected chi connectivity index (χ1v) is 8.34. The zero-order valence-electron chi connectivity index (χ0n) is 14.8. The van der Waals surface area contributed by atoms with Gasteiger partial charge in [-0.25, -0.2) is 4.98 Å². The summed E-state index contributed by atoms with van der Waals surface area (Å²) in [6.07, 6.45) is -3.04. The topological polar surface area (TPSA) is 52.8 Å². The number of alkyl halides is 3. The van der Waals surface area contributed by atoms with Crippen LogP contribution in [0.2, 0.25) is 5.15 Å². The Kier molecular flexibility index (Phi) is 4.86. The van der Waals surface area contributed by atoms with Crippen molar-refractivity contribution in [2.75, 3.05) is 0 Å². The van der Waals surface area contributed by atoms with E-state index in [0.717, 1.165) is 6.07 Å². The Balaban J connectivity index is 1.99. The summed E-state index contributed by atoms with van der Waals surface area (Å²) in [6, 6.07) is 8.48. The molecule has 0 amide bonds. The van der Waals surface area contributed by atoms with Crippen molar-refractivity contribution in [1.82, 2.24) is 19.7 Å². The van der Waals surface area contributed by atoms with Gasteiger partial charge in [0, 0.05) is 12.6 Å². The minimum absolute atomic E-state index is 0.0461. The van der Waals surface area contributed by atoms with Crippen LogP contribution in [-0.4, -0.2) is 19.7 Å². The highest BCUT2D eigenvalue weighted by Crippen LogP contribution is 2.37. The summed E-state index contributed by atoms with van der Waals surface area (Å²) in [4.78, 5) is 3.94. The third-order valence-electron chi connectivity index (χ3n) is 3.96. The Morgan fingerprint density at radius 2 is 1.74 bits per heavy atom. The molecule has 0 radical (unpaired) electrons. The molecule has 0 N–H and O–H groups in total. The fourth-order valence-electron chi connectivity index (χ4n) is 2.78. The fraction of sp³-hybridized carbons (Fsp3) is 0.278. The number of nitrogens with zero attached hydrogens (tertiary/aromatic N) is 4. The maximum atomic E-state index is 13.3. The van der Waals surface area contributed by atoms with Crippen LogP contribution in [0.15, 0.2) is 42.6 Å². The highest BCUT2D eigenvalue weighted by Gasteiger charge is 2.36. The summed E-state index contributed by atoms with van der Waals surface area (Å²) in [5.74, 6) is 0.915. The summed E-state index contributed by atoms with van der Waals surface area (Å²) in [5.41, 5.74) is -1.79. The first kappa shape index (κ1) is 19.2. The van der Waals surface area contributed by atoms with Gasteiger partial charge in [0.25, 0.3) is 0 Å². The van der Waals surface area contributed by atoms with Crippen LogP contribution in [0.4, 0.5) is 13.2 Å². The van der Waals surface area contributed by atoms with Gasteiger partial charge in [-0.1, -0.05) is 29.8 Å². The number of hydrogen-bond donors (Lipinski definition) is 0. The molecule has 1 aromatic carbocycles. The molecule has 0 saturated carbocycles. The van der Waals surface area contributed by atoms with E-state index in [0.29, 0.717) is 16.7 Å². The van der Waals surface area contributed by atoms with Crippen LogP contribution < -0.4 is 4.74 Å². The maximum absolute atomic E-state index is 13.3. The SMILES string of the molecule is Cn1c(-c2ccccc2C(F)(F)F)nnc1C(C)(C)Oc1ccc(Cl)nc1. The lowest BCUT2D eigenvalue weighted by Crippen LogP contribution is -2.29. The lowest BCUT2D eigenvalue weighted by molar-refractivity contribution is -0.137. The standard InChI is InChI=1S/C18H16ClF3N4O/c1-17(2,27-11-8-9-14(19)23-10-11)16-25-24-15(26(16)3)12-6-4-5-7-13(12)18(20,21)22/h4-10H,1-3H3. The Labute approximate surface area is 158 Å². The van der Waals surface area contributed by atoms with Gasteiger partial charge in [-0.2, -0.15) is 13.2 Å². The molecule has 0 fully saturated rings. The highest BCUT2D eigenvalue weighted by atomic mass is 35.5. The number of hydrogen-bond acceptors (Lipinski definition) is 4. The average Bonchev–Trinajstić information content (AvgIpc) is 2.98. The molecule has 0 saturated heterocycles. The van der Waals surface area contributed by atoms with Gasteiger partial charge in [0.05, 0.1) is 11.8 Å². The van der Waals surface area contributed by atoms with E-state index in [1.54, 1.807) is 33.0 Å². The summed E-state index contributed by atoms with van der Waals surface area (Å²) >= 11 is 5.76. The molecule has 0 spiro atoms. The van der Waals surface area contributed by atoms with Gasteiger partial charge >= 0.3 is 6.18 Å². The summed E-state index contributed by atoms with van der Waals surface area (Å²) in [7, 11) is 1.60. The molecule has 3 rings (SSSR count). The van der Waals surface area contributed by atoms with Crippen molar-refractivity contribution in [2.24, 2.45) is 7.05 Å². The smallest absolute Gasteiger partial charge is 0.417 e. The van der Waals surface area contributed by atoms with Gasteiger partial charge in [-0.15, -0.1) is 10.2 Å². The second-order valence-corrected chi connectivity index (χ2v) is 6.77. The molecule has 0 unspecified atom stereocenters. The van der Waals surface area contributed by atoms with Gasteiger partial charge in [0.2, 0.25) is 0 Å². The number of ether oxygens (including phenoxy) is 1. The molecule has 9 heteroatoms. The summed E-state index contributed by atoms with van der Waals surface area (Å²) < 4.78 is 47.4. The van der Waals surface area contributed by atoms with Crippen LogP contribution in [-0.2, 0) is 18.8 Å². The molecule has 0 aliphatic carbocycles. The van der Waals surface area contributed by atoms with Gasteiger partial charge in [0.15, 0.2) is 17.2 Å². The molecule has 2 aromatic heterocycles. The van der Waals surface area contributed by atoms with Gasteiger partial charge in [-0.3, -0.25) is 0 Å². The monoisotopic (exact) mass is 396 g/mol. The van der Waals surface area contributed by atoms with Crippen molar-refractivity contribution in [3.05, 3.63) is 59.1 Å². The van der Waals surface area contributed by atoms with Crippen molar-refractivity contribution < 1.29 is 17.9 Å². The zero-order chi connectivity index (χ0) is 19.8. The Morgan fingerprint density at radius 1 is 1.04 bits per heavy atom. The minimum Gasteiger partial charge on any atom is -0.478 e. The highest BCUT2D eigenvalue weighted by molar-refractivity contribution is 6.29. The van der Waals surface area contributed by atoms with E-state index in [2.05, 4.69) is 15.2 Å². The molecule has 27 heavy (non-hydrogen) atoms. The zero-order valence-corrected chi connectivity index (χ0v) is 15.5. The Morgan fingerprint density at radius 3 is 2.37 bits per heavy atom. The molecular weight excluding hydrogens is 381 g/mol. The van der Waals surface area contributed by atoms with Crippen molar-refractivity contribution >= 4 is 11.6 Å². The maximum Gasteiger partial charge on any atom is 0.417 e. The third kappa shape index (κ3) is 3.90. The molecular formula is C18H16ClF3N4O. The summed E-state index contributed by atoms with van der Waals surface area (Å²) in [6.45, 7) is 3.48. The van der Waals surface area contributed by atoms with E-state index >= 15 is 0 Å². The molecule has 142 valence electrons. The first-order chi connectivity index (χ1) is 12.6. The second kappa shape index (κ2) is 6.84. The largest absolute Gasteiger partial charge is 0.478 e. The first-order valence-electron chi connectivity index (χ1n) is 7.96. The van der Waals surface area contributed by atoms with Crippen LogP contribution in [0.3, 0.4) is 0 Å². The second-order valence-electron chi connectivity index (χ2n) is 6.38. The van der Waals surface area contributed by atoms with Crippen molar-refractivity contribution in [3.8, 4) is 17.1 Å². The fourth-order valence-corrected chi connectivity index (χ4v) is 2.89. The van der Waals surface area contributed by atoms with Crippen molar-refractivity contribution in [3.63, 3.8) is 0 Å². The molecule has 2 heterocycles. The van der Waals surface area contributed by atoms with Crippen molar-refractivity contribution in [2.45, 2.75) is 25.6 Å². The molecule has 0 atom stereocenters. The van der Waals surface area contributed by atoms with Gasteiger partial charge in [0.1, 0.15) is 10.9 Å². The van der Waals surface area contributed by atoms with E-state index in [4.69, 9.17) is 16.3 Å². The van der Waals surface area contributed by atoms with Gasteiger partial charge < -0.3 is 9.30 Å². The molecule has 0 aliphatic rings. The van der Waals surface area contributed by atoms with E-state index in [9.17, 15) is 13.2 Å². The van der Waals surface area contributed by atoms with Crippen molar-refractivity contribution in [1.29, 1.82) is 0 Å².